The number of allylic oxidation sites excluding steroid dienone is 2. The van der Waals surface area contributed by atoms with Gasteiger partial charge in [0.2, 0.25) is 0 Å². The van der Waals surface area contributed by atoms with Gasteiger partial charge in [-0.1, -0.05) is 30.3 Å². The van der Waals surface area contributed by atoms with E-state index in [1.807, 2.05) is 30.3 Å². The zero-order valence-corrected chi connectivity index (χ0v) is 16.1. The molecular formula is C23H17F2N3O3. The fourth-order valence-corrected chi connectivity index (χ4v) is 3.75. The summed E-state index contributed by atoms with van der Waals surface area (Å²) in [5.41, 5.74) is 1.13. The average molecular weight is 421 g/mol. The molecule has 2 unspecified atom stereocenters. The highest BCUT2D eigenvalue weighted by atomic mass is 19.1. The number of aromatic amines is 2. The normalized spacial score (nSPS) is 18.9. The molecule has 0 saturated heterocycles. The highest BCUT2D eigenvalue weighted by Gasteiger charge is 2.29. The molecule has 8 heteroatoms. The first-order valence-electron chi connectivity index (χ1n) is 9.69. The fourth-order valence-electron chi connectivity index (χ4n) is 3.75. The van der Waals surface area contributed by atoms with Crippen LogP contribution < -0.4 is 16.4 Å². The lowest BCUT2D eigenvalue weighted by Crippen LogP contribution is -2.38. The van der Waals surface area contributed by atoms with Crippen LogP contribution in [-0.2, 0) is 6.54 Å². The Kier molecular flexibility index (Phi) is 4.63. The zero-order valence-electron chi connectivity index (χ0n) is 16.1. The van der Waals surface area contributed by atoms with Gasteiger partial charge in [-0.15, -0.1) is 0 Å². The van der Waals surface area contributed by atoms with Gasteiger partial charge in [0, 0.05) is 18.2 Å². The number of rotatable bonds is 4. The van der Waals surface area contributed by atoms with Gasteiger partial charge in [0.25, 0.3) is 0 Å². The number of benzene rings is 2. The summed E-state index contributed by atoms with van der Waals surface area (Å²) in [5, 5.41) is 3.13. The summed E-state index contributed by atoms with van der Waals surface area (Å²) < 4.78 is 35.4. The zero-order chi connectivity index (χ0) is 21.5. The molecular weight excluding hydrogens is 404 g/mol. The van der Waals surface area contributed by atoms with Crippen molar-refractivity contribution >= 4 is 27.6 Å². The molecule has 0 saturated carbocycles. The van der Waals surface area contributed by atoms with Gasteiger partial charge in [-0.05, 0) is 29.8 Å². The van der Waals surface area contributed by atoms with Gasteiger partial charge < -0.3 is 19.7 Å². The maximum absolute atomic E-state index is 14.8. The highest BCUT2D eigenvalue weighted by molar-refractivity contribution is 6.00. The summed E-state index contributed by atoms with van der Waals surface area (Å²) >= 11 is 0. The molecule has 0 spiro atoms. The van der Waals surface area contributed by atoms with Crippen LogP contribution in [-0.4, -0.2) is 22.2 Å². The molecule has 0 fully saturated rings. The molecule has 5 rings (SSSR count). The van der Waals surface area contributed by atoms with Crippen LogP contribution in [0.25, 0.3) is 27.6 Å². The van der Waals surface area contributed by atoms with Crippen molar-refractivity contribution in [3.8, 4) is 0 Å². The predicted molar refractivity (Wildman–Crippen MR) is 114 cm³/mol. The summed E-state index contributed by atoms with van der Waals surface area (Å²) in [6.45, 7) is 0.306. The van der Waals surface area contributed by atoms with E-state index >= 15 is 0 Å². The first-order chi connectivity index (χ1) is 15.0. The number of imidazole rings is 1. The number of fused-ring (bicyclic) bond motifs is 3. The average Bonchev–Trinajstić information content (AvgIpc) is 3.14. The summed E-state index contributed by atoms with van der Waals surface area (Å²) in [5.74, 6) is -0.678. The van der Waals surface area contributed by atoms with Crippen molar-refractivity contribution in [2.45, 2.75) is 18.8 Å². The summed E-state index contributed by atoms with van der Waals surface area (Å²) in [6.07, 6.45) is 0.714. The van der Waals surface area contributed by atoms with Gasteiger partial charge in [0.1, 0.15) is 23.3 Å². The van der Waals surface area contributed by atoms with Crippen molar-refractivity contribution in [2.75, 3.05) is 0 Å². The van der Waals surface area contributed by atoms with Crippen LogP contribution in [0.3, 0.4) is 0 Å². The van der Waals surface area contributed by atoms with E-state index in [-0.39, 0.29) is 27.7 Å². The van der Waals surface area contributed by atoms with Gasteiger partial charge >= 0.3 is 5.69 Å². The SMILES string of the molecule is O=c1[nH]c2ccc3c(=O)cc(C4=CC(F)C(NCc5ccccc5)C(F)=C4)oc3c2[nH]1. The Morgan fingerprint density at radius 2 is 1.87 bits per heavy atom. The molecule has 31 heavy (non-hydrogen) atoms. The largest absolute Gasteiger partial charge is 0.454 e. The van der Waals surface area contributed by atoms with E-state index in [2.05, 4.69) is 15.3 Å². The Morgan fingerprint density at radius 3 is 2.65 bits per heavy atom. The molecule has 2 heterocycles. The van der Waals surface area contributed by atoms with Gasteiger partial charge in [-0.2, -0.15) is 0 Å². The minimum Gasteiger partial charge on any atom is -0.454 e. The van der Waals surface area contributed by atoms with Crippen LogP contribution in [0.4, 0.5) is 8.78 Å². The summed E-state index contributed by atoms with van der Waals surface area (Å²) in [7, 11) is 0. The lowest BCUT2D eigenvalue weighted by atomic mass is 9.97. The van der Waals surface area contributed by atoms with E-state index in [9.17, 15) is 18.4 Å². The maximum atomic E-state index is 14.8. The number of halogens is 2. The molecule has 2 aromatic carbocycles. The van der Waals surface area contributed by atoms with E-state index in [4.69, 9.17) is 4.42 Å². The topological polar surface area (TPSA) is 90.9 Å². The number of hydrogen-bond acceptors (Lipinski definition) is 4. The molecule has 0 amide bonds. The second-order valence-corrected chi connectivity index (χ2v) is 7.36. The van der Waals surface area contributed by atoms with Crippen LogP contribution in [0, 0.1) is 0 Å². The van der Waals surface area contributed by atoms with Gasteiger partial charge in [-0.25, -0.2) is 13.6 Å². The maximum Gasteiger partial charge on any atom is 0.323 e. The molecule has 1 aliphatic rings. The van der Waals surface area contributed by atoms with Gasteiger partial charge in [-0.3, -0.25) is 4.79 Å². The highest BCUT2D eigenvalue weighted by Crippen LogP contribution is 2.30. The Bertz CT molecular complexity index is 1460. The van der Waals surface area contributed by atoms with E-state index in [1.54, 1.807) is 6.07 Å². The fraction of sp³-hybridized carbons (Fsp3) is 0.130. The lowest BCUT2D eigenvalue weighted by Gasteiger charge is -2.23. The first kappa shape index (κ1) is 19.2. The van der Waals surface area contributed by atoms with Crippen molar-refractivity contribution < 1.29 is 13.2 Å². The van der Waals surface area contributed by atoms with Crippen LogP contribution in [0.5, 0.6) is 0 Å². The number of alkyl halides is 1. The third kappa shape index (κ3) is 3.51. The van der Waals surface area contributed by atoms with Crippen molar-refractivity contribution in [3.05, 3.63) is 98.5 Å². The minimum absolute atomic E-state index is 0.0198. The second-order valence-electron chi connectivity index (χ2n) is 7.36. The summed E-state index contributed by atoms with van der Waals surface area (Å²) in [4.78, 5) is 29.4. The van der Waals surface area contributed by atoms with Crippen LogP contribution in [0.2, 0.25) is 0 Å². The number of aromatic nitrogens is 2. The smallest absolute Gasteiger partial charge is 0.323 e. The molecule has 0 aliphatic heterocycles. The van der Waals surface area contributed by atoms with Gasteiger partial charge in [0.15, 0.2) is 11.0 Å². The molecule has 0 radical (unpaired) electrons. The Morgan fingerprint density at radius 1 is 1.06 bits per heavy atom. The Labute approximate surface area is 173 Å². The second kappa shape index (κ2) is 7.48. The first-order valence-corrected chi connectivity index (χ1v) is 9.69. The molecule has 0 bridgehead atoms. The standard InChI is InChI=1S/C23H17F2N3O3/c24-15-8-13(9-16(25)20(15)26-11-12-4-2-1-3-5-12)19-10-18(29)14-6-7-17-21(22(14)31-19)28-23(30)27-17/h1-10,15,20,26H,11H2,(H2,27,28,30). The molecule has 1 aliphatic carbocycles. The van der Waals surface area contributed by atoms with Gasteiger partial charge in [0.05, 0.1) is 16.9 Å². The molecule has 2 atom stereocenters. The van der Waals surface area contributed by atoms with E-state index in [1.165, 1.54) is 18.2 Å². The third-order valence-electron chi connectivity index (χ3n) is 5.29. The van der Waals surface area contributed by atoms with Crippen LogP contribution in [0.1, 0.15) is 11.3 Å². The van der Waals surface area contributed by atoms with Crippen molar-refractivity contribution in [1.29, 1.82) is 0 Å². The third-order valence-corrected chi connectivity index (χ3v) is 5.29. The quantitative estimate of drug-likeness (QED) is 0.469. The monoisotopic (exact) mass is 421 g/mol. The summed E-state index contributed by atoms with van der Waals surface area (Å²) in [6, 6.07) is 12.5. The molecule has 4 aromatic rings. The molecule has 6 nitrogen and oxygen atoms in total. The Balaban J connectivity index is 1.49. The van der Waals surface area contributed by atoms with E-state index in [0.29, 0.717) is 17.6 Å². The van der Waals surface area contributed by atoms with Crippen molar-refractivity contribution in [2.24, 2.45) is 0 Å². The molecule has 3 N–H and O–H groups in total. The lowest BCUT2D eigenvalue weighted by molar-refractivity contribution is 0.292. The minimum atomic E-state index is -1.66. The Hall–Kier alpha value is -3.78. The van der Waals surface area contributed by atoms with Crippen molar-refractivity contribution in [1.82, 2.24) is 15.3 Å². The van der Waals surface area contributed by atoms with E-state index < -0.39 is 23.7 Å². The van der Waals surface area contributed by atoms with Crippen molar-refractivity contribution in [3.63, 3.8) is 0 Å². The number of hydrogen-bond donors (Lipinski definition) is 3. The number of nitrogens with one attached hydrogen (secondary N) is 3. The molecule has 2 aromatic heterocycles. The van der Waals surface area contributed by atoms with Crippen LogP contribution in [0.15, 0.2) is 80.5 Å². The van der Waals surface area contributed by atoms with Crippen LogP contribution >= 0.6 is 0 Å². The predicted octanol–water partition coefficient (Wildman–Crippen LogP) is 3.71. The van der Waals surface area contributed by atoms with E-state index in [0.717, 1.165) is 11.6 Å². The molecule has 156 valence electrons. The number of H-pyrrole nitrogens is 2.